The molecule has 0 atom stereocenters. The minimum atomic E-state index is -0.380. The number of carbonyl (C=O) groups excluding carboxylic acids is 1. The van der Waals surface area contributed by atoms with Crippen LogP contribution in [-0.4, -0.2) is 18.2 Å². The van der Waals surface area contributed by atoms with Crippen LogP contribution in [0, 0.1) is 0 Å². The Labute approximate surface area is 123 Å². The first-order valence-corrected chi connectivity index (χ1v) is 6.48. The predicted octanol–water partition coefficient (Wildman–Crippen LogP) is 3.49. The molecule has 0 aliphatic carbocycles. The average molecular weight is 346 g/mol. The molecular weight excluding hydrogens is 336 g/mol. The predicted molar refractivity (Wildman–Crippen MR) is 74.3 cm³/mol. The molecule has 1 heterocycles. The summed E-state index contributed by atoms with van der Waals surface area (Å²) in [6.45, 7) is 0.265. The van der Waals surface area contributed by atoms with Crippen LogP contribution in [0.5, 0.6) is 0 Å². The minimum Gasteiger partial charge on any atom is -0.377 e. The number of carbonyl (C=O) groups is 1. The van der Waals surface area contributed by atoms with Crippen molar-refractivity contribution in [3.63, 3.8) is 0 Å². The van der Waals surface area contributed by atoms with Crippen molar-refractivity contribution in [1.29, 1.82) is 0 Å². The van der Waals surface area contributed by atoms with Crippen LogP contribution in [0.3, 0.4) is 0 Å². The van der Waals surface area contributed by atoms with Gasteiger partial charge in [-0.05, 0) is 34.1 Å². The maximum Gasteiger partial charge on any atom is 0.277 e. The van der Waals surface area contributed by atoms with Crippen LogP contribution >= 0.6 is 27.5 Å². The Balaban J connectivity index is 2.13. The number of benzene rings is 1. The van der Waals surface area contributed by atoms with Gasteiger partial charge in [0.2, 0.25) is 0 Å². The third-order valence-corrected chi connectivity index (χ3v) is 3.18. The van der Waals surface area contributed by atoms with Gasteiger partial charge < -0.3 is 14.6 Å². The SMILES string of the molecule is COCc1cc(C(=O)Nc2cc(Cl)ccc2Br)no1. The van der Waals surface area contributed by atoms with Crippen molar-refractivity contribution in [3.8, 4) is 0 Å². The fraction of sp³-hybridized carbons (Fsp3) is 0.167. The van der Waals surface area contributed by atoms with Crippen molar-refractivity contribution >= 4 is 39.1 Å². The first-order valence-electron chi connectivity index (χ1n) is 5.31. The molecule has 2 rings (SSSR count). The lowest BCUT2D eigenvalue weighted by Crippen LogP contribution is -2.12. The molecular formula is C12H10BrClN2O3. The maximum absolute atomic E-state index is 12.0. The fourth-order valence-electron chi connectivity index (χ4n) is 1.41. The second-order valence-corrected chi connectivity index (χ2v) is 4.98. The first kappa shape index (κ1) is 14.0. The van der Waals surface area contributed by atoms with Crippen LogP contribution < -0.4 is 5.32 Å². The number of rotatable bonds is 4. The zero-order valence-electron chi connectivity index (χ0n) is 9.94. The molecule has 1 aromatic carbocycles. The summed E-state index contributed by atoms with van der Waals surface area (Å²) < 4.78 is 10.6. The molecule has 0 bridgehead atoms. The Kier molecular flexibility index (Phi) is 4.57. The van der Waals surface area contributed by atoms with Crippen LogP contribution in [0.4, 0.5) is 5.69 Å². The lowest BCUT2D eigenvalue weighted by Gasteiger charge is -2.05. The quantitative estimate of drug-likeness (QED) is 0.921. The summed E-state index contributed by atoms with van der Waals surface area (Å²) in [6, 6.07) is 6.63. The smallest absolute Gasteiger partial charge is 0.277 e. The summed E-state index contributed by atoms with van der Waals surface area (Å²) in [4.78, 5) is 12.0. The van der Waals surface area contributed by atoms with Crippen LogP contribution in [-0.2, 0) is 11.3 Å². The van der Waals surface area contributed by atoms with E-state index in [4.69, 9.17) is 20.9 Å². The van der Waals surface area contributed by atoms with E-state index in [0.717, 1.165) is 4.47 Å². The van der Waals surface area contributed by atoms with E-state index < -0.39 is 0 Å². The van der Waals surface area contributed by atoms with Crippen molar-refractivity contribution in [2.24, 2.45) is 0 Å². The maximum atomic E-state index is 12.0. The second kappa shape index (κ2) is 6.18. The number of hydrogen-bond acceptors (Lipinski definition) is 4. The average Bonchev–Trinajstić information content (AvgIpc) is 2.83. The number of ether oxygens (including phenoxy) is 1. The van der Waals surface area contributed by atoms with Crippen molar-refractivity contribution in [2.75, 3.05) is 12.4 Å². The molecule has 0 unspecified atom stereocenters. The van der Waals surface area contributed by atoms with Gasteiger partial charge in [0, 0.05) is 22.7 Å². The Morgan fingerprint density at radius 2 is 2.32 bits per heavy atom. The van der Waals surface area contributed by atoms with Crippen molar-refractivity contribution in [3.05, 3.63) is 45.2 Å². The number of amides is 1. The summed E-state index contributed by atoms with van der Waals surface area (Å²) in [5, 5.41) is 6.88. The molecule has 5 nitrogen and oxygen atoms in total. The Morgan fingerprint density at radius 3 is 3.05 bits per heavy atom. The third-order valence-electron chi connectivity index (χ3n) is 2.25. The number of halogens is 2. The molecule has 0 aliphatic heterocycles. The largest absolute Gasteiger partial charge is 0.377 e. The number of aromatic nitrogens is 1. The molecule has 0 aliphatic rings. The molecule has 19 heavy (non-hydrogen) atoms. The van der Waals surface area contributed by atoms with Gasteiger partial charge in [0.05, 0.1) is 5.69 Å². The molecule has 7 heteroatoms. The molecule has 100 valence electrons. The van der Waals surface area contributed by atoms with Crippen LogP contribution in [0.25, 0.3) is 0 Å². The van der Waals surface area contributed by atoms with Gasteiger partial charge in [-0.2, -0.15) is 0 Å². The highest BCUT2D eigenvalue weighted by atomic mass is 79.9. The number of nitrogens with zero attached hydrogens (tertiary/aromatic N) is 1. The molecule has 1 N–H and O–H groups in total. The van der Waals surface area contributed by atoms with Gasteiger partial charge in [-0.25, -0.2) is 0 Å². The Hall–Kier alpha value is -1.37. The standard InChI is InChI=1S/C12H10BrClN2O3/c1-18-6-8-5-11(16-19-8)12(17)15-10-4-7(14)2-3-9(10)13/h2-5H,6H2,1H3,(H,15,17). The van der Waals surface area contributed by atoms with Gasteiger partial charge in [0.15, 0.2) is 11.5 Å². The lowest BCUT2D eigenvalue weighted by atomic mass is 10.3. The highest BCUT2D eigenvalue weighted by molar-refractivity contribution is 9.10. The molecule has 2 aromatic rings. The Bertz CT molecular complexity index is 600. The van der Waals surface area contributed by atoms with E-state index in [-0.39, 0.29) is 18.2 Å². The normalized spacial score (nSPS) is 10.5. The second-order valence-electron chi connectivity index (χ2n) is 3.69. The molecule has 0 fully saturated rings. The topological polar surface area (TPSA) is 64.4 Å². The number of hydrogen-bond donors (Lipinski definition) is 1. The molecule has 1 aromatic heterocycles. The summed E-state index contributed by atoms with van der Waals surface area (Å²) in [6.07, 6.45) is 0. The van der Waals surface area contributed by atoms with E-state index >= 15 is 0 Å². The van der Waals surface area contributed by atoms with E-state index in [1.807, 2.05) is 0 Å². The van der Waals surface area contributed by atoms with E-state index in [1.54, 1.807) is 18.2 Å². The molecule has 0 saturated heterocycles. The van der Waals surface area contributed by atoms with E-state index in [9.17, 15) is 4.79 Å². The molecule has 0 saturated carbocycles. The Morgan fingerprint density at radius 1 is 1.53 bits per heavy atom. The van der Waals surface area contributed by atoms with Gasteiger partial charge in [-0.1, -0.05) is 16.8 Å². The zero-order chi connectivity index (χ0) is 13.8. The van der Waals surface area contributed by atoms with Crippen molar-refractivity contribution in [2.45, 2.75) is 6.61 Å². The zero-order valence-corrected chi connectivity index (χ0v) is 12.3. The summed E-state index contributed by atoms with van der Waals surface area (Å²) in [5.74, 6) is 0.104. The van der Waals surface area contributed by atoms with Gasteiger partial charge >= 0.3 is 0 Å². The first-order chi connectivity index (χ1) is 9.10. The third kappa shape index (κ3) is 3.56. The van der Waals surface area contributed by atoms with Gasteiger partial charge in [-0.3, -0.25) is 4.79 Å². The van der Waals surface area contributed by atoms with Gasteiger partial charge in [0.25, 0.3) is 5.91 Å². The van der Waals surface area contributed by atoms with Crippen molar-refractivity contribution < 1.29 is 14.1 Å². The highest BCUT2D eigenvalue weighted by Gasteiger charge is 2.14. The molecule has 0 radical (unpaired) electrons. The fourth-order valence-corrected chi connectivity index (χ4v) is 1.93. The summed E-state index contributed by atoms with van der Waals surface area (Å²) >= 11 is 9.19. The number of methoxy groups -OCH3 is 1. The van der Waals surface area contributed by atoms with Crippen LogP contribution in [0.15, 0.2) is 33.3 Å². The van der Waals surface area contributed by atoms with E-state index in [0.29, 0.717) is 16.5 Å². The van der Waals surface area contributed by atoms with Crippen molar-refractivity contribution in [1.82, 2.24) is 5.16 Å². The summed E-state index contributed by atoms with van der Waals surface area (Å²) in [5.41, 5.74) is 0.743. The van der Waals surface area contributed by atoms with Crippen LogP contribution in [0.2, 0.25) is 5.02 Å². The number of anilines is 1. The highest BCUT2D eigenvalue weighted by Crippen LogP contribution is 2.26. The van der Waals surface area contributed by atoms with E-state index in [2.05, 4.69) is 26.4 Å². The lowest BCUT2D eigenvalue weighted by molar-refractivity contribution is 0.101. The molecule has 1 amide bonds. The van der Waals surface area contributed by atoms with Crippen LogP contribution in [0.1, 0.15) is 16.2 Å². The minimum absolute atomic E-state index is 0.180. The molecule has 0 spiro atoms. The summed E-state index contributed by atoms with van der Waals surface area (Å²) in [7, 11) is 1.53. The van der Waals surface area contributed by atoms with Gasteiger partial charge in [0.1, 0.15) is 6.61 Å². The number of nitrogens with one attached hydrogen (secondary N) is 1. The van der Waals surface area contributed by atoms with E-state index in [1.165, 1.54) is 13.2 Å². The van der Waals surface area contributed by atoms with Gasteiger partial charge in [-0.15, -0.1) is 0 Å². The monoisotopic (exact) mass is 344 g/mol.